The molecule has 2 N–H and O–H groups in total. The molecule has 25 heavy (non-hydrogen) atoms. The van der Waals surface area contributed by atoms with Crippen LogP contribution in [0.3, 0.4) is 0 Å². The zero-order valence-electron chi connectivity index (χ0n) is 15.6. The fraction of sp³-hybridized carbons (Fsp3) is 0.722. The fourth-order valence-electron chi connectivity index (χ4n) is 3.63. The number of aromatic nitrogens is 2. The Balaban J connectivity index is 1.89. The normalized spacial score (nSPS) is 22.0. The van der Waals surface area contributed by atoms with Crippen LogP contribution in [-0.2, 0) is 0 Å². The van der Waals surface area contributed by atoms with Gasteiger partial charge in [-0.05, 0) is 57.2 Å². The molecule has 1 aromatic rings. The van der Waals surface area contributed by atoms with E-state index in [2.05, 4.69) is 40.3 Å². The van der Waals surface area contributed by atoms with Crippen LogP contribution in [0.15, 0.2) is 6.07 Å². The second kappa shape index (κ2) is 8.17. The summed E-state index contributed by atoms with van der Waals surface area (Å²) in [5, 5.41) is 6.60. The quantitative estimate of drug-likeness (QED) is 0.802. The minimum atomic E-state index is 0.516. The molecule has 0 amide bonds. The largest absolute Gasteiger partial charge is 0.365 e. The maximum Gasteiger partial charge on any atom is 0.232 e. The Kier molecular flexibility index (Phi) is 5.93. The van der Waals surface area contributed by atoms with Crippen LogP contribution in [0.1, 0.15) is 46.0 Å². The van der Waals surface area contributed by atoms with Gasteiger partial charge in [0.05, 0.1) is 0 Å². The number of anilines is 3. The Morgan fingerprint density at radius 1 is 1.08 bits per heavy atom. The number of nitrogens with zero attached hydrogens (tertiary/aromatic N) is 4. The zero-order valence-corrected chi connectivity index (χ0v) is 16.4. The Hall–Kier alpha value is -1.63. The van der Waals surface area contributed by atoms with Gasteiger partial charge >= 0.3 is 0 Å². The van der Waals surface area contributed by atoms with Crippen LogP contribution in [0.5, 0.6) is 0 Å². The van der Waals surface area contributed by atoms with E-state index in [1.165, 1.54) is 32.1 Å². The summed E-state index contributed by atoms with van der Waals surface area (Å²) in [4.78, 5) is 14.3. The third-order valence-electron chi connectivity index (χ3n) is 5.36. The summed E-state index contributed by atoms with van der Waals surface area (Å²) in [6.07, 6.45) is 6.18. The summed E-state index contributed by atoms with van der Waals surface area (Å²) in [5.74, 6) is 3.41. The third kappa shape index (κ3) is 4.51. The highest BCUT2D eigenvalue weighted by Gasteiger charge is 2.23. The first-order chi connectivity index (χ1) is 12.1. The van der Waals surface area contributed by atoms with Gasteiger partial charge in [0.2, 0.25) is 5.95 Å². The molecule has 1 atom stereocenters. The lowest BCUT2D eigenvalue weighted by Gasteiger charge is -2.36. The van der Waals surface area contributed by atoms with Crippen LogP contribution >= 0.6 is 12.2 Å². The maximum absolute atomic E-state index is 5.25. The SMILES string of the molecule is CNC(=S)Nc1nc(N2CCC(C)CC2)cc(N2CCCCC2C)n1. The number of hydrogen-bond donors (Lipinski definition) is 2. The molecule has 138 valence electrons. The summed E-state index contributed by atoms with van der Waals surface area (Å²) in [5.41, 5.74) is 0. The van der Waals surface area contributed by atoms with Gasteiger partial charge in [-0.25, -0.2) is 0 Å². The molecule has 0 bridgehead atoms. The lowest BCUT2D eigenvalue weighted by Crippen LogP contribution is -2.39. The minimum absolute atomic E-state index is 0.516. The lowest BCUT2D eigenvalue weighted by molar-refractivity contribution is 0.436. The second-order valence-electron chi connectivity index (χ2n) is 7.32. The molecule has 1 aromatic heterocycles. The fourth-order valence-corrected chi connectivity index (χ4v) is 3.72. The Bertz CT molecular complexity index is 599. The van der Waals surface area contributed by atoms with Gasteiger partial charge in [-0.1, -0.05) is 6.92 Å². The molecule has 1 unspecified atom stereocenters. The Morgan fingerprint density at radius 2 is 1.80 bits per heavy atom. The molecule has 0 aromatic carbocycles. The van der Waals surface area contributed by atoms with Crippen molar-refractivity contribution in [2.45, 2.75) is 52.0 Å². The van der Waals surface area contributed by atoms with Crippen molar-refractivity contribution in [2.75, 3.05) is 41.8 Å². The molecule has 0 spiro atoms. The average Bonchev–Trinajstić information content (AvgIpc) is 2.62. The van der Waals surface area contributed by atoms with E-state index in [1.807, 2.05) is 0 Å². The van der Waals surface area contributed by atoms with Crippen molar-refractivity contribution >= 4 is 34.9 Å². The van der Waals surface area contributed by atoms with Gasteiger partial charge in [0.25, 0.3) is 0 Å². The first-order valence-corrected chi connectivity index (χ1v) is 9.87. The number of rotatable bonds is 3. The molecule has 7 heteroatoms. The molecular weight excluding hydrogens is 332 g/mol. The number of nitrogens with one attached hydrogen (secondary N) is 2. The van der Waals surface area contributed by atoms with Crippen molar-refractivity contribution in [2.24, 2.45) is 5.92 Å². The molecule has 0 saturated carbocycles. The maximum atomic E-state index is 5.25. The van der Waals surface area contributed by atoms with E-state index in [0.29, 0.717) is 17.1 Å². The van der Waals surface area contributed by atoms with Crippen molar-refractivity contribution in [3.05, 3.63) is 6.07 Å². The number of thiocarbonyl (C=S) groups is 1. The monoisotopic (exact) mass is 362 g/mol. The third-order valence-corrected chi connectivity index (χ3v) is 5.66. The molecule has 2 fully saturated rings. The molecule has 0 radical (unpaired) electrons. The summed E-state index contributed by atoms with van der Waals surface area (Å²) >= 11 is 5.25. The molecule has 2 aliphatic heterocycles. The molecule has 2 saturated heterocycles. The van der Waals surface area contributed by atoms with E-state index in [0.717, 1.165) is 37.2 Å². The summed E-state index contributed by atoms with van der Waals surface area (Å²) in [6.45, 7) is 7.79. The first kappa shape index (κ1) is 18.2. The van der Waals surface area contributed by atoms with Gasteiger partial charge in [-0.2, -0.15) is 9.97 Å². The van der Waals surface area contributed by atoms with Crippen LogP contribution in [0.4, 0.5) is 17.6 Å². The Labute approximate surface area is 156 Å². The van der Waals surface area contributed by atoms with Crippen LogP contribution in [-0.4, -0.2) is 47.8 Å². The first-order valence-electron chi connectivity index (χ1n) is 9.46. The highest BCUT2D eigenvalue weighted by Crippen LogP contribution is 2.29. The topological polar surface area (TPSA) is 56.3 Å². The van der Waals surface area contributed by atoms with Crippen molar-refractivity contribution in [1.29, 1.82) is 0 Å². The van der Waals surface area contributed by atoms with Gasteiger partial charge in [-0.3, -0.25) is 0 Å². The van der Waals surface area contributed by atoms with E-state index >= 15 is 0 Å². The van der Waals surface area contributed by atoms with E-state index in [9.17, 15) is 0 Å². The van der Waals surface area contributed by atoms with Gasteiger partial charge in [0, 0.05) is 38.8 Å². The van der Waals surface area contributed by atoms with Gasteiger partial charge < -0.3 is 20.4 Å². The molecule has 6 nitrogen and oxygen atoms in total. The molecular formula is C18H30N6S. The van der Waals surface area contributed by atoms with Crippen molar-refractivity contribution in [1.82, 2.24) is 15.3 Å². The highest BCUT2D eigenvalue weighted by molar-refractivity contribution is 7.80. The van der Waals surface area contributed by atoms with Crippen molar-refractivity contribution in [3.8, 4) is 0 Å². The van der Waals surface area contributed by atoms with E-state index in [1.54, 1.807) is 7.05 Å². The van der Waals surface area contributed by atoms with Gasteiger partial charge in [0.15, 0.2) is 5.11 Å². The predicted molar refractivity (Wildman–Crippen MR) is 109 cm³/mol. The predicted octanol–water partition coefficient (Wildman–Crippen LogP) is 3.01. The van der Waals surface area contributed by atoms with E-state index < -0.39 is 0 Å². The van der Waals surface area contributed by atoms with Gasteiger partial charge in [0.1, 0.15) is 11.6 Å². The lowest BCUT2D eigenvalue weighted by atomic mass is 9.99. The Morgan fingerprint density at radius 3 is 2.48 bits per heavy atom. The van der Waals surface area contributed by atoms with Gasteiger partial charge in [-0.15, -0.1) is 0 Å². The van der Waals surface area contributed by atoms with Crippen LogP contribution in [0.25, 0.3) is 0 Å². The van der Waals surface area contributed by atoms with Crippen LogP contribution in [0, 0.1) is 5.92 Å². The number of piperidine rings is 2. The molecule has 2 aliphatic rings. The minimum Gasteiger partial charge on any atom is -0.365 e. The smallest absolute Gasteiger partial charge is 0.232 e. The zero-order chi connectivity index (χ0) is 17.8. The number of hydrogen-bond acceptors (Lipinski definition) is 5. The standard InChI is InChI=1S/C18H30N6S/c1-13-7-10-23(11-8-13)15-12-16(24-9-5-4-6-14(24)2)21-17(20-15)22-18(25)19-3/h12-14H,4-11H2,1-3H3,(H2,19,20,21,22,25). The summed E-state index contributed by atoms with van der Waals surface area (Å²) < 4.78 is 0. The van der Waals surface area contributed by atoms with Crippen molar-refractivity contribution in [3.63, 3.8) is 0 Å². The summed E-state index contributed by atoms with van der Waals surface area (Å²) in [6, 6.07) is 2.67. The average molecular weight is 363 g/mol. The second-order valence-corrected chi connectivity index (χ2v) is 7.73. The molecule has 3 rings (SSSR count). The van der Waals surface area contributed by atoms with E-state index in [4.69, 9.17) is 22.2 Å². The van der Waals surface area contributed by atoms with E-state index in [-0.39, 0.29) is 0 Å². The highest BCUT2D eigenvalue weighted by atomic mass is 32.1. The van der Waals surface area contributed by atoms with Crippen molar-refractivity contribution < 1.29 is 0 Å². The molecule has 0 aliphatic carbocycles. The summed E-state index contributed by atoms with van der Waals surface area (Å²) in [7, 11) is 1.80. The van der Waals surface area contributed by atoms with Crippen LogP contribution < -0.4 is 20.4 Å². The van der Waals surface area contributed by atoms with Crippen LogP contribution in [0.2, 0.25) is 0 Å². The molecule has 3 heterocycles.